The normalized spacial score (nSPS) is 13.5. The number of nitrogens with one attached hydrogen (secondary N) is 1. The molecule has 0 saturated carbocycles. The number of hydrogen-bond donors (Lipinski definition) is 1. The molecule has 1 aromatic carbocycles. The van der Waals surface area contributed by atoms with Crippen molar-refractivity contribution in [2.24, 2.45) is 0 Å². The van der Waals surface area contributed by atoms with Crippen LogP contribution in [0.2, 0.25) is 0 Å². The molecule has 0 aliphatic carbocycles. The van der Waals surface area contributed by atoms with Crippen LogP contribution in [-0.2, 0) is 9.53 Å². The number of esters is 1. The minimum atomic E-state index is -1.14. The number of aromatic amines is 1. The molecule has 1 aliphatic heterocycles. The number of carbonyl (C=O) groups excluding carboxylic acids is 1. The molecule has 1 atom stereocenters. The van der Waals surface area contributed by atoms with E-state index in [0.29, 0.717) is 22.6 Å². The predicted molar refractivity (Wildman–Crippen MR) is 122 cm³/mol. The third-order valence-electron chi connectivity index (χ3n) is 4.57. The zero-order valence-electron chi connectivity index (χ0n) is 16.9. The van der Waals surface area contributed by atoms with Crippen molar-refractivity contribution in [3.63, 3.8) is 0 Å². The van der Waals surface area contributed by atoms with Crippen LogP contribution in [0.15, 0.2) is 79.9 Å². The van der Waals surface area contributed by atoms with Crippen molar-refractivity contribution in [3.05, 3.63) is 96.7 Å². The highest BCUT2D eigenvalue weighted by molar-refractivity contribution is 8.08. The quantitative estimate of drug-likeness (QED) is 0.414. The summed E-state index contributed by atoms with van der Waals surface area (Å²) in [6.07, 6.45) is 9.11. The number of nitriles is 1. The molecule has 0 bridgehead atoms. The number of H-pyrrole nitrogens is 1. The van der Waals surface area contributed by atoms with E-state index in [1.807, 2.05) is 24.3 Å². The zero-order valence-corrected chi connectivity index (χ0v) is 17.7. The molecule has 3 heterocycles. The fourth-order valence-corrected chi connectivity index (χ4v) is 3.95. The van der Waals surface area contributed by atoms with Crippen LogP contribution in [0.4, 0.5) is 0 Å². The van der Waals surface area contributed by atoms with Crippen molar-refractivity contribution in [2.75, 3.05) is 5.75 Å². The predicted octanol–water partition coefficient (Wildman–Crippen LogP) is 4.79. The number of thioether (sulfide) groups is 1. The highest BCUT2D eigenvalue weighted by Gasteiger charge is 2.28. The van der Waals surface area contributed by atoms with E-state index in [1.54, 1.807) is 54.5 Å². The number of ether oxygens (including phenoxy) is 2. The summed E-state index contributed by atoms with van der Waals surface area (Å²) in [5, 5.41) is 9.95. The van der Waals surface area contributed by atoms with Crippen LogP contribution >= 0.6 is 11.8 Å². The number of nitrogens with zero attached hydrogens (tertiary/aromatic N) is 3. The molecule has 0 amide bonds. The van der Waals surface area contributed by atoms with Gasteiger partial charge in [0.05, 0.1) is 12.0 Å². The molecule has 0 saturated heterocycles. The second-order valence-electron chi connectivity index (χ2n) is 6.57. The molecule has 1 unspecified atom stereocenters. The summed E-state index contributed by atoms with van der Waals surface area (Å²) < 4.78 is 11.1. The minimum Gasteiger partial charge on any atom is -0.456 e. The molecular formula is C24H18N4O3S. The summed E-state index contributed by atoms with van der Waals surface area (Å²) >= 11 is 1.61. The summed E-state index contributed by atoms with van der Waals surface area (Å²) in [4.78, 5) is 25.5. The summed E-state index contributed by atoms with van der Waals surface area (Å²) in [5.74, 6) is 0.647. The molecule has 3 aromatic rings. The smallest absolute Gasteiger partial charge is 0.356 e. The maximum Gasteiger partial charge on any atom is 0.356 e. The topological polar surface area (TPSA) is 101 Å². The first kappa shape index (κ1) is 21.2. The maximum atomic E-state index is 12.7. The SMILES string of the molecule is C=COC(=O)C(Oc1nc(C2=CC=CCS2)cc(-c2ncc[nH]2)c1C#N)c1ccccc1. The van der Waals surface area contributed by atoms with Gasteiger partial charge in [0, 0.05) is 34.2 Å². The molecule has 1 aliphatic rings. The van der Waals surface area contributed by atoms with Gasteiger partial charge in [-0.05, 0) is 12.1 Å². The van der Waals surface area contributed by atoms with Gasteiger partial charge in [0.1, 0.15) is 17.5 Å². The van der Waals surface area contributed by atoms with Crippen molar-refractivity contribution in [1.29, 1.82) is 5.26 Å². The molecule has 0 spiro atoms. The van der Waals surface area contributed by atoms with Gasteiger partial charge in [0.15, 0.2) is 0 Å². The van der Waals surface area contributed by atoms with Crippen LogP contribution in [0.5, 0.6) is 5.88 Å². The fraction of sp³-hybridized carbons (Fsp3) is 0.0833. The highest BCUT2D eigenvalue weighted by atomic mass is 32.2. The van der Waals surface area contributed by atoms with Crippen LogP contribution in [-0.4, -0.2) is 26.7 Å². The second-order valence-corrected chi connectivity index (χ2v) is 7.63. The number of benzene rings is 1. The Bertz CT molecular complexity index is 1230. The number of pyridine rings is 1. The lowest BCUT2D eigenvalue weighted by Crippen LogP contribution is -2.21. The number of carbonyl (C=O) groups is 1. The third-order valence-corrected chi connectivity index (χ3v) is 5.58. The summed E-state index contributed by atoms with van der Waals surface area (Å²) in [5.41, 5.74) is 1.86. The van der Waals surface area contributed by atoms with Crippen molar-refractivity contribution >= 4 is 22.6 Å². The van der Waals surface area contributed by atoms with Crippen LogP contribution in [0.25, 0.3) is 16.3 Å². The highest BCUT2D eigenvalue weighted by Crippen LogP contribution is 2.36. The molecule has 2 aromatic heterocycles. The lowest BCUT2D eigenvalue weighted by molar-refractivity contribution is -0.146. The number of imidazole rings is 1. The van der Waals surface area contributed by atoms with Gasteiger partial charge in [0.2, 0.25) is 12.0 Å². The van der Waals surface area contributed by atoms with Gasteiger partial charge in [0.25, 0.3) is 0 Å². The van der Waals surface area contributed by atoms with Gasteiger partial charge in [-0.15, -0.1) is 11.8 Å². The number of aromatic nitrogens is 3. The molecule has 0 fully saturated rings. The van der Waals surface area contributed by atoms with Gasteiger partial charge in [-0.25, -0.2) is 14.8 Å². The average Bonchev–Trinajstić information content (AvgIpc) is 3.38. The lowest BCUT2D eigenvalue weighted by atomic mass is 10.1. The Morgan fingerprint density at radius 1 is 1.34 bits per heavy atom. The first-order valence-corrected chi connectivity index (χ1v) is 10.7. The van der Waals surface area contributed by atoms with Crippen LogP contribution < -0.4 is 4.74 Å². The van der Waals surface area contributed by atoms with Crippen molar-refractivity contribution < 1.29 is 14.3 Å². The monoisotopic (exact) mass is 442 g/mol. The molecule has 8 heteroatoms. The standard InChI is InChI=1S/C24H18N4O3S/c1-2-30-24(29)21(16-8-4-3-5-9-16)31-23-18(15-25)17(22-26-11-12-27-22)14-19(28-23)20-10-6-7-13-32-20/h2-12,14,21H,1,13H2,(H,26,27). The molecule has 7 nitrogen and oxygen atoms in total. The van der Waals surface area contributed by atoms with Crippen LogP contribution in [0, 0.1) is 11.3 Å². The number of hydrogen-bond acceptors (Lipinski definition) is 7. The first-order chi connectivity index (χ1) is 15.7. The molecule has 158 valence electrons. The lowest BCUT2D eigenvalue weighted by Gasteiger charge is -2.19. The Kier molecular flexibility index (Phi) is 6.49. The Morgan fingerprint density at radius 2 is 2.19 bits per heavy atom. The molecule has 0 radical (unpaired) electrons. The van der Waals surface area contributed by atoms with Gasteiger partial charge in [-0.3, -0.25) is 0 Å². The van der Waals surface area contributed by atoms with E-state index in [-0.39, 0.29) is 11.4 Å². The van der Waals surface area contributed by atoms with Crippen LogP contribution in [0.3, 0.4) is 0 Å². The van der Waals surface area contributed by atoms with Crippen molar-refractivity contribution in [1.82, 2.24) is 15.0 Å². The van der Waals surface area contributed by atoms with E-state index < -0.39 is 12.1 Å². The Labute approximate surface area is 189 Å². The Balaban J connectivity index is 1.86. The summed E-state index contributed by atoms with van der Waals surface area (Å²) in [6, 6.07) is 12.8. The average molecular weight is 443 g/mol. The molecular weight excluding hydrogens is 424 g/mol. The Hall–Kier alpha value is -4.09. The van der Waals surface area contributed by atoms with E-state index in [4.69, 9.17) is 9.47 Å². The van der Waals surface area contributed by atoms with E-state index in [0.717, 1.165) is 16.9 Å². The number of allylic oxidation sites excluding steroid dienone is 2. The van der Waals surface area contributed by atoms with E-state index in [1.165, 1.54) is 0 Å². The van der Waals surface area contributed by atoms with Crippen molar-refractivity contribution in [2.45, 2.75) is 6.10 Å². The van der Waals surface area contributed by atoms with Crippen LogP contribution in [0.1, 0.15) is 22.9 Å². The minimum absolute atomic E-state index is 0.0160. The van der Waals surface area contributed by atoms with E-state index in [2.05, 4.69) is 27.6 Å². The van der Waals surface area contributed by atoms with Gasteiger partial charge >= 0.3 is 5.97 Å². The zero-order chi connectivity index (χ0) is 22.3. The second kappa shape index (κ2) is 9.81. The number of rotatable bonds is 7. The van der Waals surface area contributed by atoms with Crippen molar-refractivity contribution in [3.8, 4) is 23.3 Å². The third kappa shape index (κ3) is 4.48. The van der Waals surface area contributed by atoms with Gasteiger partial charge in [-0.2, -0.15) is 5.26 Å². The van der Waals surface area contributed by atoms with E-state index in [9.17, 15) is 10.1 Å². The summed E-state index contributed by atoms with van der Waals surface area (Å²) in [7, 11) is 0. The Morgan fingerprint density at radius 3 is 2.84 bits per heavy atom. The molecule has 32 heavy (non-hydrogen) atoms. The largest absolute Gasteiger partial charge is 0.456 e. The first-order valence-electron chi connectivity index (χ1n) is 9.69. The molecule has 1 N–H and O–H groups in total. The molecule has 4 rings (SSSR count). The summed E-state index contributed by atoms with van der Waals surface area (Å²) in [6.45, 7) is 3.45. The van der Waals surface area contributed by atoms with Gasteiger partial charge < -0.3 is 14.5 Å². The maximum absolute atomic E-state index is 12.7. The van der Waals surface area contributed by atoms with Gasteiger partial charge in [-0.1, -0.05) is 49.1 Å². The fourth-order valence-electron chi connectivity index (χ4n) is 3.13. The van der Waals surface area contributed by atoms with E-state index >= 15 is 0 Å².